The van der Waals surface area contributed by atoms with Gasteiger partial charge >= 0.3 is 6.03 Å². The van der Waals surface area contributed by atoms with E-state index in [0.717, 1.165) is 18.2 Å². The monoisotopic (exact) mass is 317 g/mol. The van der Waals surface area contributed by atoms with E-state index in [1.807, 2.05) is 0 Å². The van der Waals surface area contributed by atoms with Crippen molar-refractivity contribution in [2.24, 2.45) is 0 Å². The summed E-state index contributed by atoms with van der Waals surface area (Å²) in [6.07, 6.45) is 1.53. The standard InChI is InChI=1S/C12H16FN3O4S/c1-8(7-21(3)20)15(2)12(17)14-11-5-4-9(16(18)19)6-10(11)13/h4-6,8H,7H2,1-3H3,(H,14,17)/t8-,21-/m0/s1. The molecular formula is C12H16FN3O4S. The quantitative estimate of drug-likeness (QED) is 0.663. The van der Waals surface area contributed by atoms with E-state index in [0.29, 0.717) is 5.75 Å². The summed E-state index contributed by atoms with van der Waals surface area (Å²) in [7, 11) is 0.433. The summed E-state index contributed by atoms with van der Waals surface area (Å²) in [5, 5.41) is 12.8. The molecule has 9 heteroatoms. The third-order valence-corrected chi connectivity index (χ3v) is 3.81. The van der Waals surface area contributed by atoms with Gasteiger partial charge in [0.2, 0.25) is 0 Å². The largest absolute Gasteiger partial charge is 0.324 e. The van der Waals surface area contributed by atoms with Crippen molar-refractivity contribution in [1.29, 1.82) is 0 Å². The number of hydrogen-bond donors (Lipinski definition) is 1. The maximum Gasteiger partial charge on any atom is 0.321 e. The molecule has 0 aliphatic rings. The summed E-state index contributed by atoms with van der Waals surface area (Å²) >= 11 is 0. The second-order valence-corrected chi connectivity index (χ2v) is 6.03. The average molecular weight is 317 g/mol. The van der Waals surface area contributed by atoms with E-state index in [2.05, 4.69) is 5.32 Å². The number of benzene rings is 1. The molecule has 116 valence electrons. The second kappa shape index (κ2) is 7.11. The van der Waals surface area contributed by atoms with E-state index in [9.17, 15) is 23.5 Å². The normalized spacial score (nSPS) is 13.3. The van der Waals surface area contributed by atoms with Crippen LogP contribution in [0.15, 0.2) is 18.2 Å². The van der Waals surface area contributed by atoms with E-state index >= 15 is 0 Å². The fourth-order valence-corrected chi connectivity index (χ4v) is 2.48. The molecule has 0 aliphatic carbocycles. The van der Waals surface area contributed by atoms with E-state index in [-0.39, 0.29) is 11.7 Å². The second-order valence-electron chi connectivity index (χ2n) is 4.55. The first-order valence-electron chi connectivity index (χ1n) is 6.00. The van der Waals surface area contributed by atoms with Gasteiger partial charge in [-0.05, 0) is 13.0 Å². The zero-order chi connectivity index (χ0) is 16.2. The third kappa shape index (κ3) is 4.78. The maximum atomic E-state index is 13.7. The van der Waals surface area contributed by atoms with Gasteiger partial charge in [-0.25, -0.2) is 9.18 Å². The Hall–Kier alpha value is -2.03. The minimum atomic E-state index is -1.06. The van der Waals surface area contributed by atoms with Crippen LogP contribution in [0.2, 0.25) is 0 Å². The smallest absolute Gasteiger partial charge is 0.321 e. The van der Waals surface area contributed by atoms with Crippen molar-refractivity contribution in [1.82, 2.24) is 4.90 Å². The zero-order valence-corrected chi connectivity index (χ0v) is 12.6. The van der Waals surface area contributed by atoms with E-state index in [1.165, 1.54) is 18.2 Å². The number of anilines is 1. The van der Waals surface area contributed by atoms with Gasteiger partial charge in [0.25, 0.3) is 5.69 Å². The molecule has 0 heterocycles. The highest BCUT2D eigenvalue weighted by Gasteiger charge is 2.19. The lowest BCUT2D eigenvalue weighted by molar-refractivity contribution is -0.385. The van der Waals surface area contributed by atoms with Crippen molar-refractivity contribution in [3.63, 3.8) is 0 Å². The Morgan fingerprint density at radius 1 is 1.57 bits per heavy atom. The Labute approximate surface area is 123 Å². The van der Waals surface area contributed by atoms with Crippen LogP contribution in [0.25, 0.3) is 0 Å². The van der Waals surface area contributed by atoms with Crippen molar-refractivity contribution < 1.29 is 18.3 Å². The summed E-state index contributed by atoms with van der Waals surface area (Å²) in [4.78, 5) is 23.0. The third-order valence-electron chi connectivity index (χ3n) is 2.86. The Morgan fingerprint density at radius 2 is 2.19 bits per heavy atom. The van der Waals surface area contributed by atoms with Crippen molar-refractivity contribution in [3.05, 3.63) is 34.1 Å². The molecule has 1 aromatic carbocycles. The summed E-state index contributed by atoms with van der Waals surface area (Å²) in [6, 6.07) is 2.09. The number of nitrogens with one attached hydrogen (secondary N) is 1. The molecule has 0 spiro atoms. The molecular weight excluding hydrogens is 301 g/mol. The first kappa shape index (κ1) is 17.0. The number of nitro benzene ring substituents is 1. The highest BCUT2D eigenvalue weighted by Crippen LogP contribution is 2.20. The number of hydrogen-bond acceptors (Lipinski definition) is 4. The van der Waals surface area contributed by atoms with Gasteiger partial charge in [0.05, 0.1) is 16.7 Å². The van der Waals surface area contributed by atoms with Gasteiger partial charge in [-0.2, -0.15) is 0 Å². The van der Waals surface area contributed by atoms with Crippen molar-refractivity contribution in [2.45, 2.75) is 13.0 Å². The number of nitrogens with zero attached hydrogens (tertiary/aromatic N) is 2. The topological polar surface area (TPSA) is 92.6 Å². The van der Waals surface area contributed by atoms with Crippen LogP contribution < -0.4 is 5.32 Å². The van der Waals surface area contributed by atoms with Crippen LogP contribution in [-0.4, -0.2) is 45.2 Å². The molecule has 7 nitrogen and oxygen atoms in total. The van der Waals surface area contributed by atoms with Gasteiger partial charge in [-0.1, -0.05) is 0 Å². The highest BCUT2D eigenvalue weighted by molar-refractivity contribution is 7.84. The number of carbonyl (C=O) groups excluding carboxylic acids is 1. The average Bonchev–Trinajstić information content (AvgIpc) is 2.38. The first-order valence-corrected chi connectivity index (χ1v) is 7.73. The van der Waals surface area contributed by atoms with Crippen molar-refractivity contribution >= 4 is 28.2 Å². The molecule has 0 saturated carbocycles. The van der Waals surface area contributed by atoms with Crippen LogP contribution >= 0.6 is 0 Å². The Kier molecular flexibility index (Phi) is 5.77. The molecule has 1 rings (SSSR count). The maximum absolute atomic E-state index is 13.7. The number of carbonyl (C=O) groups is 1. The molecule has 1 aromatic rings. The zero-order valence-electron chi connectivity index (χ0n) is 11.8. The van der Waals surface area contributed by atoms with Crippen LogP contribution in [0.3, 0.4) is 0 Å². The fourth-order valence-electron chi connectivity index (χ4n) is 1.57. The van der Waals surface area contributed by atoms with Crippen LogP contribution in [0, 0.1) is 15.9 Å². The van der Waals surface area contributed by atoms with Gasteiger partial charge < -0.3 is 10.2 Å². The minimum absolute atomic E-state index is 0.151. The van der Waals surface area contributed by atoms with Crippen LogP contribution in [0.4, 0.5) is 20.6 Å². The Morgan fingerprint density at radius 3 is 2.67 bits per heavy atom. The lowest BCUT2D eigenvalue weighted by Crippen LogP contribution is -2.41. The summed E-state index contributed by atoms with van der Waals surface area (Å²) in [5.41, 5.74) is -0.545. The highest BCUT2D eigenvalue weighted by atomic mass is 32.2. The summed E-state index contributed by atoms with van der Waals surface area (Å²) in [6.45, 7) is 1.72. The number of rotatable bonds is 5. The predicted octanol–water partition coefficient (Wildman–Crippen LogP) is 1.96. The van der Waals surface area contributed by atoms with Gasteiger partial charge in [0, 0.05) is 42.0 Å². The molecule has 0 bridgehead atoms. The first-order chi connectivity index (χ1) is 9.72. The van der Waals surface area contributed by atoms with Gasteiger partial charge in [0.15, 0.2) is 5.82 Å². The molecule has 0 saturated heterocycles. The van der Waals surface area contributed by atoms with E-state index < -0.39 is 33.3 Å². The van der Waals surface area contributed by atoms with Crippen LogP contribution in [0.5, 0.6) is 0 Å². The molecule has 2 amide bonds. The van der Waals surface area contributed by atoms with Crippen molar-refractivity contribution in [3.8, 4) is 0 Å². The number of urea groups is 1. The lowest BCUT2D eigenvalue weighted by Gasteiger charge is -2.24. The molecule has 0 radical (unpaired) electrons. The number of halogens is 1. The molecule has 1 N–H and O–H groups in total. The molecule has 0 fully saturated rings. The van der Waals surface area contributed by atoms with Gasteiger partial charge in [0.1, 0.15) is 0 Å². The Balaban J connectivity index is 2.79. The number of amides is 2. The van der Waals surface area contributed by atoms with Crippen LogP contribution in [-0.2, 0) is 10.8 Å². The van der Waals surface area contributed by atoms with E-state index in [4.69, 9.17) is 0 Å². The van der Waals surface area contributed by atoms with Crippen LogP contribution in [0.1, 0.15) is 6.92 Å². The Bertz CT molecular complexity index is 582. The SMILES string of the molecule is C[C@@H](C[S@](C)=O)N(C)C(=O)Nc1ccc([N+](=O)[O-])cc1F. The molecule has 21 heavy (non-hydrogen) atoms. The van der Waals surface area contributed by atoms with Gasteiger partial charge in [-0.3, -0.25) is 14.3 Å². The summed E-state index contributed by atoms with van der Waals surface area (Å²) < 4.78 is 24.8. The molecule has 0 unspecified atom stereocenters. The number of non-ortho nitro benzene ring substituents is 1. The lowest BCUT2D eigenvalue weighted by atomic mass is 10.2. The predicted molar refractivity (Wildman–Crippen MR) is 78.2 cm³/mol. The minimum Gasteiger partial charge on any atom is -0.324 e. The van der Waals surface area contributed by atoms with Gasteiger partial charge in [-0.15, -0.1) is 0 Å². The van der Waals surface area contributed by atoms with E-state index in [1.54, 1.807) is 6.92 Å². The van der Waals surface area contributed by atoms with Crippen molar-refractivity contribution in [2.75, 3.05) is 24.4 Å². The molecule has 2 atom stereocenters. The number of nitro groups is 1. The molecule has 0 aromatic heterocycles. The fraction of sp³-hybridized carbons (Fsp3) is 0.417. The summed E-state index contributed by atoms with van der Waals surface area (Å²) in [5.74, 6) is -0.593. The molecule has 0 aliphatic heterocycles.